The zero-order chi connectivity index (χ0) is 12.3. The Morgan fingerprint density at radius 2 is 2.18 bits per heavy atom. The summed E-state index contributed by atoms with van der Waals surface area (Å²) in [6, 6.07) is 3.59. The lowest BCUT2D eigenvalue weighted by Gasteiger charge is -2.39. The number of piperazine rings is 1. The summed E-state index contributed by atoms with van der Waals surface area (Å²) in [5, 5.41) is 0. The van der Waals surface area contributed by atoms with E-state index in [0.717, 1.165) is 19.6 Å². The Hall–Kier alpha value is -1.46. The van der Waals surface area contributed by atoms with Crippen LogP contribution in [0.5, 0.6) is 0 Å². The van der Waals surface area contributed by atoms with Crippen LogP contribution in [0.4, 0.5) is 0 Å². The van der Waals surface area contributed by atoms with Crippen LogP contribution in [0.2, 0.25) is 0 Å². The number of nitrogens with zero attached hydrogens (tertiary/aromatic N) is 3. The maximum atomic E-state index is 12.3. The molecule has 2 rings (SSSR count). The van der Waals surface area contributed by atoms with Crippen LogP contribution in [0.25, 0.3) is 0 Å². The molecule has 1 aromatic rings. The number of nitrogens with two attached hydrogens (primary N) is 1. The number of rotatable bonds is 2. The van der Waals surface area contributed by atoms with Crippen molar-refractivity contribution in [3.8, 4) is 0 Å². The van der Waals surface area contributed by atoms with Gasteiger partial charge in [0, 0.05) is 44.1 Å². The lowest BCUT2D eigenvalue weighted by atomic mass is 10.1. The predicted octanol–water partition coefficient (Wildman–Crippen LogP) is -0.203. The van der Waals surface area contributed by atoms with Crippen LogP contribution in [0.3, 0.4) is 0 Å². The van der Waals surface area contributed by atoms with Gasteiger partial charge in [-0.15, -0.1) is 0 Å². The van der Waals surface area contributed by atoms with Gasteiger partial charge in [-0.2, -0.15) is 0 Å². The van der Waals surface area contributed by atoms with Crippen molar-refractivity contribution in [2.24, 2.45) is 5.73 Å². The van der Waals surface area contributed by atoms with Gasteiger partial charge in [-0.25, -0.2) is 0 Å². The van der Waals surface area contributed by atoms with Crippen LogP contribution in [-0.4, -0.2) is 60.0 Å². The van der Waals surface area contributed by atoms with Gasteiger partial charge in [0.05, 0.1) is 6.04 Å². The molecular formula is C12H18N4O. The second-order valence-corrected chi connectivity index (χ2v) is 4.39. The number of hydrogen-bond donors (Lipinski definition) is 1. The number of pyridine rings is 1. The van der Waals surface area contributed by atoms with Crippen molar-refractivity contribution in [2.75, 3.05) is 33.2 Å². The predicted molar refractivity (Wildman–Crippen MR) is 65.6 cm³/mol. The van der Waals surface area contributed by atoms with Gasteiger partial charge in [0.15, 0.2) is 0 Å². The molecule has 0 saturated carbocycles. The minimum absolute atomic E-state index is 0.0518. The van der Waals surface area contributed by atoms with Gasteiger partial charge in [0.1, 0.15) is 0 Å². The lowest BCUT2D eigenvalue weighted by molar-refractivity contribution is 0.0516. The molecule has 1 saturated heterocycles. The quantitative estimate of drug-likeness (QED) is 0.769. The molecule has 1 unspecified atom stereocenters. The molecule has 0 radical (unpaired) electrons. The average Bonchev–Trinajstić information content (AvgIpc) is 2.39. The lowest BCUT2D eigenvalue weighted by Crippen LogP contribution is -2.56. The van der Waals surface area contributed by atoms with Crippen LogP contribution in [0.15, 0.2) is 24.5 Å². The topological polar surface area (TPSA) is 62.5 Å². The van der Waals surface area contributed by atoms with E-state index in [9.17, 15) is 4.79 Å². The molecule has 1 aromatic heterocycles. The first kappa shape index (κ1) is 12.0. The summed E-state index contributed by atoms with van der Waals surface area (Å²) in [6.45, 7) is 2.97. The first-order chi connectivity index (χ1) is 8.22. The van der Waals surface area contributed by atoms with Crippen LogP contribution < -0.4 is 5.73 Å². The molecule has 1 atom stereocenters. The molecule has 1 fully saturated rings. The third kappa shape index (κ3) is 2.62. The Labute approximate surface area is 101 Å². The van der Waals surface area contributed by atoms with Crippen molar-refractivity contribution in [3.63, 3.8) is 0 Å². The summed E-state index contributed by atoms with van der Waals surface area (Å²) in [7, 11) is 2.05. The average molecular weight is 234 g/mol. The second kappa shape index (κ2) is 5.25. The molecule has 1 aliphatic heterocycles. The monoisotopic (exact) mass is 234 g/mol. The number of aromatic nitrogens is 1. The Morgan fingerprint density at radius 1 is 1.47 bits per heavy atom. The highest BCUT2D eigenvalue weighted by Crippen LogP contribution is 2.12. The molecular weight excluding hydrogens is 216 g/mol. The van der Waals surface area contributed by atoms with Gasteiger partial charge < -0.3 is 15.5 Å². The van der Waals surface area contributed by atoms with Gasteiger partial charge in [-0.05, 0) is 19.2 Å². The fourth-order valence-corrected chi connectivity index (χ4v) is 2.14. The van der Waals surface area contributed by atoms with E-state index in [1.54, 1.807) is 24.5 Å². The van der Waals surface area contributed by atoms with Crippen LogP contribution in [0, 0.1) is 0 Å². The molecule has 17 heavy (non-hydrogen) atoms. The van der Waals surface area contributed by atoms with Gasteiger partial charge in [-0.1, -0.05) is 0 Å². The van der Waals surface area contributed by atoms with E-state index in [0.29, 0.717) is 12.1 Å². The van der Waals surface area contributed by atoms with E-state index in [1.165, 1.54) is 0 Å². The Balaban J connectivity index is 2.13. The second-order valence-electron chi connectivity index (χ2n) is 4.39. The molecule has 1 aliphatic rings. The Kier molecular flexibility index (Phi) is 3.71. The van der Waals surface area contributed by atoms with Crippen molar-refractivity contribution in [3.05, 3.63) is 30.1 Å². The maximum Gasteiger partial charge on any atom is 0.254 e. The first-order valence-electron chi connectivity index (χ1n) is 5.82. The van der Waals surface area contributed by atoms with Crippen LogP contribution in [0.1, 0.15) is 10.4 Å². The smallest absolute Gasteiger partial charge is 0.254 e. The Bertz CT molecular complexity index is 381. The van der Waals surface area contributed by atoms with Gasteiger partial charge in [0.25, 0.3) is 5.91 Å². The number of hydrogen-bond acceptors (Lipinski definition) is 4. The summed E-state index contributed by atoms with van der Waals surface area (Å²) in [4.78, 5) is 20.3. The van der Waals surface area contributed by atoms with Gasteiger partial charge in [0.2, 0.25) is 0 Å². The SMILES string of the molecule is CN1CCN(C(=O)c2ccncc2)C(CN)C1. The highest BCUT2D eigenvalue weighted by molar-refractivity contribution is 5.94. The molecule has 5 heteroatoms. The number of likely N-dealkylation sites (N-methyl/N-ethyl adjacent to an activating group) is 1. The van der Waals surface area contributed by atoms with Crippen molar-refractivity contribution >= 4 is 5.91 Å². The van der Waals surface area contributed by atoms with Crippen molar-refractivity contribution < 1.29 is 4.79 Å². The van der Waals surface area contributed by atoms with E-state index in [2.05, 4.69) is 16.9 Å². The summed E-state index contributed by atoms with van der Waals surface area (Å²) >= 11 is 0. The molecule has 2 N–H and O–H groups in total. The zero-order valence-electron chi connectivity index (χ0n) is 10.0. The number of amides is 1. The van der Waals surface area contributed by atoms with Gasteiger partial charge >= 0.3 is 0 Å². The standard InChI is InChI=1S/C12H18N4O/c1-15-6-7-16(11(8-13)9-15)12(17)10-2-4-14-5-3-10/h2-5,11H,6-9,13H2,1H3. The van der Waals surface area contributed by atoms with E-state index >= 15 is 0 Å². The van der Waals surface area contributed by atoms with Crippen molar-refractivity contribution in [1.82, 2.24) is 14.8 Å². The van der Waals surface area contributed by atoms with Crippen LogP contribution >= 0.6 is 0 Å². The largest absolute Gasteiger partial charge is 0.332 e. The first-order valence-corrected chi connectivity index (χ1v) is 5.82. The highest BCUT2D eigenvalue weighted by Gasteiger charge is 2.28. The molecule has 92 valence electrons. The number of carbonyl (C=O) groups is 1. The molecule has 0 spiro atoms. The molecule has 0 aromatic carbocycles. The van der Waals surface area contributed by atoms with E-state index < -0.39 is 0 Å². The van der Waals surface area contributed by atoms with Gasteiger partial charge in [-0.3, -0.25) is 9.78 Å². The maximum absolute atomic E-state index is 12.3. The summed E-state index contributed by atoms with van der Waals surface area (Å²) in [5.74, 6) is 0.0518. The van der Waals surface area contributed by atoms with E-state index in [-0.39, 0.29) is 11.9 Å². The van der Waals surface area contributed by atoms with E-state index in [1.807, 2.05) is 4.90 Å². The molecule has 1 amide bonds. The summed E-state index contributed by atoms with van der Waals surface area (Å²) in [6.07, 6.45) is 3.28. The Morgan fingerprint density at radius 3 is 2.82 bits per heavy atom. The zero-order valence-corrected chi connectivity index (χ0v) is 10.0. The van der Waals surface area contributed by atoms with Crippen LogP contribution in [-0.2, 0) is 0 Å². The third-order valence-electron chi connectivity index (χ3n) is 3.15. The van der Waals surface area contributed by atoms with Crippen molar-refractivity contribution in [2.45, 2.75) is 6.04 Å². The summed E-state index contributed by atoms with van der Waals surface area (Å²) in [5.41, 5.74) is 6.42. The fourth-order valence-electron chi connectivity index (χ4n) is 2.14. The molecule has 5 nitrogen and oxygen atoms in total. The minimum atomic E-state index is 0.0518. The number of carbonyl (C=O) groups excluding carboxylic acids is 1. The molecule has 0 bridgehead atoms. The summed E-state index contributed by atoms with van der Waals surface area (Å²) < 4.78 is 0. The highest BCUT2D eigenvalue weighted by atomic mass is 16.2. The van der Waals surface area contributed by atoms with Crippen molar-refractivity contribution in [1.29, 1.82) is 0 Å². The minimum Gasteiger partial charge on any atom is -0.332 e. The normalized spacial score (nSPS) is 21.5. The molecule has 0 aliphatic carbocycles. The van der Waals surface area contributed by atoms with E-state index in [4.69, 9.17) is 5.73 Å². The fraction of sp³-hybridized carbons (Fsp3) is 0.500. The third-order valence-corrected chi connectivity index (χ3v) is 3.15. The molecule has 2 heterocycles.